The summed E-state index contributed by atoms with van der Waals surface area (Å²) in [5.74, 6) is 1.25. The highest BCUT2D eigenvalue weighted by Crippen LogP contribution is 2.24. The SMILES string of the molecule is Cc1noc(CNC(C)c2ncc(Br)s2)n1. The second-order valence-corrected chi connectivity index (χ2v) is 5.78. The molecule has 1 atom stereocenters. The van der Waals surface area contributed by atoms with Crippen LogP contribution in [-0.2, 0) is 6.54 Å². The number of nitrogens with zero attached hydrogens (tertiary/aromatic N) is 3. The van der Waals surface area contributed by atoms with Gasteiger partial charge in [-0.1, -0.05) is 5.16 Å². The molecule has 1 N–H and O–H groups in total. The van der Waals surface area contributed by atoms with Crippen LogP contribution in [0.1, 0.15) is 29.7 Å². The molecule has 86 valence electrons. The van der Waals surface area contributed by atoms with Gasteiger partial charge in [-0.2, -0.15) is 4.98 Å². The molecule has 2 aromatic heterocycles. The van der Waals surface area contributed by atoms with E-state index in [1.165, 1.54) is 0 Å². The minimum absolute atomic E-state index is 0.170. The van der Waals surface area contributed by atoms with Gasteiger partial charge in [0.05, 0.1) is 22.6 Å². The summed E-state index contributed by atoms with van der Waals surface area (Å²) in [5.41, 5.74) is 0. The van der Waals surface area contributed by atoms with Crippen LogP contribution in [0.2, 0.25) is 0 Å². The Balaban J connectivity index is 1.91. The van der Waals surface area contributed by atoms with Crippen molar-refractivity contribution in [1.29, 1.82) is 0 Å². The summed E-state index contributed by atoms with van der Waals surface area (Å²) in [4.78, 5) is 8.39. The highest BCUT2D eigenvalue weighted by atomic mass is 79.9. The molecule has 7 heteroatoms. The van der Waals surface area contributed by atoms with Crippen molar-refractivity contribution in [3.8, 4) is 0 Å². The number of hydrogen-bond acceptors (Lipinski definition) is 6. The Bertz CT molecular complexity index is 470. The lowest BCUT2D eigenvalue weighted by atomic mass is 10.3. The van der Waals surface area contributed by atoms with Crippen molar-refractivity contribution in [1.82, 2.24) is 20.4 Å². The van der Waals surface area contributed by atoms with Gasteiger partial charge in [-0.05, 0) is 29.8 Å². The number of aromatic nitrogens is 3. The Morgan fingerprint density at radius 3 is 3.00 bits per heavy atom. The molecule has 1 unspecified atom stereocenters. The number of nitrogens with one attached hydrogen (secondary N) is 1. The molecule has 5 nitrogen and oxygen atoms in total. The Labute approximate surface area is 105 Å². The number of halogens is 1. The standard InChI is InChI=1S/C9H11BrN4OS/c1-5(9-12-3-7(10)16-9)11-4-8-13-6(2)14-15-8/h3,5,11H,4H2,1-2H3. The molecule has 0 spiro atoms. The van der Waals surface area contributed by atoms with Gasteiger partial charge in [0.25, 0.3) is 0 Å². The van der Waals surface area contributed by atoms with Gasteiger partial charge in [-0.25, -0.2) is 4.98 Å². The second kappa shape index (κ2) is 5.03. The van der Waals surface area contributed by atoms with E-state index in [-0.39, 0.29) is 6.04 Å². The van der Waals surface area contributed by atoms with Crippen molar-refractivity contribution in [2.24, 2.45) is 0 Å². The molecule has 0 fully saturated rings. The van der Waals surface area contributed by atoms with Crippen LogP contribution in [0.15, 0.2) is 14.5 Å². The van der Waals surface area contributed by atoms with E-state index in [2.05, 4.69) is 43.3 Å². The zero-order valence-electron chi connectivity index (χ0n) is 8.90. The fourth-order valence-corrected chi connectivity index (χ4v) is 2.48. The van der Waals surface area contributed by atoms with E-state index in [0.29, 0.717) is 18.3 Å². The molecule has 0 aliphatic carbocycles. The maximum atomic E-state index is 5.01. The van der Waals surface area contributed by atoms with Gasteiger partial charge in [0.15, 0.2) is 5.82 Å². The molecule has 0 bridgehead atoms. The lowest BCUT2D eigenvalue weighted by Crippen LogP contribution is -2.18. The second-order valence-electron chi connectivity index (χ2n) is 3.34. The number of aryl methyl sites for hydroxylation is 1. The van der Waals surface area contributed by atoms with Crippen molar-refractivity contribution in [2.75, 3.05) is 0 Å². The third-order valence-electron chi connectivity index (χ3n) is 1.99. The summed E-state index contributed by atoms with van der Waals surface area (Å²) in [7, 11) is 0. The van der Waals surface area contributed by atoms with E-state index in [1.54, 1.807) is 24.5 Å². The molecule has 2 heterocycles. The van der Waals surface area contributed by atoms with Gasteiger partial charge >= 0.3 is 0 Å². The first-order valence-electron chi connectivity index (χ1n) is 4.79. The van der Waals surface area contributed by atoms with Crippen LogP contribution in [0.3, 0.4) is 0 Å². The number of thiazole rings is 1. The van der Waals surface area contributed by atoms with Gasteiger partial charge < -0.3 is 4.52 Å². The van der Waals surface area contributed by atoms with Gasteiger partial charge in [0.1, 0.15) is 5.01 Å². The van der Waals surface area contributed by atoms with Crippen LogP contribution in [0.5, 0.6) is 0 Å². The molecule has 0 saturated heterocycles. The monoisotopic (exact) mass is 302 g/mol. The Hall–Kier alpha value is -0.790. The van der Waals surface area contributed by atoms with Crippen molar-refractivity contribution in [3.05, 3.63) is 26.7 Å². The number of rotatable bonds is 4. The lowest BCUT2D eigenvalue weighted by Gasteiger charge is -2.07. The van der Waals surface area contributed by atoms with E-state index in [0.717, 1.165) is 8.79 Å². The van der Waals surface area contributed by atoms with Crippen LogP contribution in [0, 0.1) is 6.92 Å². The number of hydrogen-bond donors (Lipinski definition) is 1. The van der Waals surface area contributed by atoms with E-state index >= 15 is 0 Å². The molecule has 0 radical (unpaired) electrons. The average molecular weight is 303 g/mol. The van der Waals surface area contributed by atoms with Gasteiger partial charge in [0.2, 0.25) is 5.89 Å². The lowest BCUT2D eigenvalue weighted by molar-refractivity contribution is 0.357. The Morgan fingerprint density at radius 2 is 2.44 bits per heavy atom. The molecule has 0 amide bonds. The molecule has 0 aromatic carbocycles. The van der Waals surface area contributed by atoms with E-state index < -0.39 is 0 Å². The van der Waals surface area contributed by atoms with Gasteiger partial charge in [0, 0.05) is 0 Å². The predicted octanol–water partition coefficient (Wildman–Crippen LogP) is 2.45. The fourth-order valence-electron chi connectivity index (χ4n) is 1.21. The molecule has 0 aliphatic rings. The minimum Gasteiger partial charge on any atom is -0.338 e. The highest BCUT2D eigenvalue weighted by molar-refractivity contribution is 9.11. The van der Waals surface area contributed by atoms with Crippen molar-refractivity contribution >= 4 is 27.3 Å². The maximum absolute atomic E-state index is 5.01. The Kier molecular flexibility index (Phi) is 3.67. The van der Waals surface area contributed by atoms with E-state index in [9.17, 15) is 0 Å². The first kappa shape index (κ1) is 11.7. The topological polar surface area (TPSA) is 63.8 Å². The summed E-state index contributed by atoms with van der Waals surface area (Å²) in [5, 5.41) is 8.03. The van der Waals surface area contributed by atoms with Crippen LogP contribution in [0.4, 0.5) is 0 Å². The summed E-state index contributed by atoms with van der Waals surface area (Å²) < 4.78 is 6.04. The first-order chi connectivity index (χ1) is 7.65. The van der Waals surface area contributed by atoms with Gasteiger partial charge in [-0.3, -0.25) is 5.32 Å². The zero-order valence-corrected chi connectivity index (χ0v) is 11.3. The quantitative estimate of drug-likeness (QED) is 0.940. The average Bonchev–Trinajstić information content (AvgIpc) is 2.84. The highest BCUT2D eigenvalue weighted by Gasteiger charge is 2.11. The fraction of sp³-hybridized carbons (Fsp3) is 0.444. The maximum Gasteiger partial charge on any atom is 0.240 e. The van der Waals surface area contributed by atoms with E-state index in [4.69, 9.17) is 4.52 Å². The summed E-state index contributed by atoms with van der Waals surface area (Å²) >= 11 is 5.00. The van der Waals surface area contributed by atoms with E-state index in [1.807, 2.05) is 0 Å². The van der Waals surface area contributed by atoms with Crippen molar-refractivity contribution in [3.63, 3.8) is 0 Å². The molecule has 0 aliphatic heterocycles. The Morgan fingerprint density at radius 1 is 1.62 bits per heavy atom. The van der Waals surface area contributed by atoms with Crippen LogP contribution in [-0.4, -0.2) is 15.1 Å². The molecule has 0 saturated carbocycles. The van der Waals surface area contributed by atoms with Crippen LogP contribution in [0.25, 0.3) is 0 Å². The molecule has 2 rings (SSSR count). The smallest absolute Gasteiger partial charge is 0.240 e. The van der Waals surface area contributed by atoms with Gasteiger partial charge in [-0.15, -0.1) is 11.3 Å². The summed E-state index contributed by atoms with van der Waals surface area (Å²) in [6, 6.07) is 0.170. The van der Waals surface area contributed by atoms with Crippen LogP contribution < -0.4 is 5.32 Å². The summed E-state index contributed by atoms with van der Waals surface area (Å²) in [6.45, 7) is 4.40. The van der Waals surface area contributed by atoms with Crippen molar-refractivity contribution in [2.45, 2.75) is 26.4 Å². The third-order valence-corrected chi connectivity index (χ3v) is 3.65. The molecule has 16 heavy (non-hydrogen) atoms. The van der Waals surface area contributed by atoms with Crippen molar-refractivity contribution < 1.29 is 4.52 Å². The third kappa shape index (κ3) is 2.87. The molecular formula is C9H11BrN4OS. The largest absolute Gasteiger partial charge is 0.338 e. The minimum atomic E-state index is 0.170. The normalized spacial score (nSPS) is 12.9. The molecule has 2 aromatic rings. The summed E-state index contributed by atoms with van der Waals surface area (Å²) in [6.07, 6.45) is 1.80. The molecular weight excluding hydrogens is 292 g/mol. The first-order valence-corrected chi connectivity index (χ1v) is 6.40. The van der Waals surface area contributed by atoms with Crippen LogP contribution >= 0.6 is 27.3 Å². The zero-order chi connectivity index (χ0) is 11.5. The predicted molar refractivity (Wildman–Crippen MR) is 64.1 cm³/mol.